The van der Waals surface area contributed by atoms with E-state index in [0.29, 0.717) is 30.4 Å². The summed E-state index contributed by atoms with van der Waals surface area (Å²) in [7, 11) is -1.90. The molecule has 8 nitrogen and oxygen atoms in total. The van der Waals surface area contributed by atoms with Crippen LogP contribution in [-0.2, 0) is 23.0 Å². The van der Waals surface area contributed by atoms with Gasteiger partial charge in [-0.2, -0.15) is 4.98 Å². The van der Waals surface area contributed by atoms with Crippen molar-refractivity contribution in [3.63, 3.8) is 0 Å². The van der Waals surface area contributed by atoms with Gasteiger partial charge in [-0.15, -0.1) is 0 Å². The summed E-state index contributed by atoms with van der Waals surface area (Å²) in [6.45, 7) is 2.33. The summed E-state index contributed by atoms with van der Waals surface area (Å²) in [6.07, 6.45) is 0.324. The summed E-state index contributed by atoms with van der Waals surface area (Å²) in [4.78, 5) is 3.99. The van der Waals surface area contributed by atoms with Crippen LogP contribution in [0.1, 0.15) is 17.5 Å². The first-order valence-corrected chi connectivity index (χ1v) is 7.52. The first-order valence-electron chi connectivity index (χ1n) is 6.03. The number of aromatic nitrogens is 2. The van der Waals surface area contributed by atoms with E-state index in [0.717, 1.165) is 0 Å². The highest BCUT2D eigenvalue weighted by Crippen LogP contribution is 2.13. The minimum absolute atomic E-state index is 0.107. The molecule has 0 amide bonds. The zero-order valence-corrected chi connectivity index (χ0v) is 12.0. The fraction of sp³-hybridized carbons (Fsp3) is 0.455. The van der Waals surface area contributed by atoms with E-state index >= 15 is 0 Å². The van der Waals surface area contributed by atoms with Crippen molar-refractivity contribution in [1.82, 2.24) is 20.2 Å². The predicted molar refractivity (Wildman–Crippen MR) is 69.4 cm³/mol. The van der Waals surface area contributed by atoms with Gasteiger partial charge in [-0.1, -0.05) is 5.16 Å². The molecule has 0 atom stereocenters. The Morgan fingerprint density at radius 3 is 2.80 bits per heavy atom. The minimum Gasteiger partial charge on any atom is -0.447 e. The summed E-state index contributed by atoms with van der Waals surface area (Å²) in [5.41, 5.74) is 0. The fourth-order valence-electron chi connectivity index (χ4n) is 1.58. The Balaban J connectivity index is 1.92. The standard InChI is InChI=1S/C11H16N4O4S/c1-8-14-10(19-15-8)5-6-13-20(16,17)11-4-3-9(18-11)7-12-2/h3-4,12-13H,5-7H2,1-2H3. The summed E-state index contributed by atoms with van der Waals surface area (Å²) < 4.78 is 36.4. The van der Waals surface area contributed by atoms with Crippen LogP contribution in [-0.4, -0.2) is 32.2 Å². The average Bonchev–Trinajstić information content (AvgIpc) is 2.99. The van der Waals surface area contributed by atoms with Crippen LogP contribution in [0.5, 0.6) is 0 Å². The highest BCUT2D eigenvalue weighted by Gasteiger charge is 2.18. The van der Waals surface area contributed by atoms with E-state index < -0.39 is 10.0 Å². The molecule has 2 N–H and O–H groups in total. The highest BCUT2D eigenvalue weighted by molar-refractivity contribution is 7.89. The maximum absolute atomic E-state index is 12.0. The summed E-state index contributed by atoms with van der Waals surface area (Å²) in [6, 6.07) is 3.04. The number of hydrogen-bond donors (Lipinski definition) is 2. The summed E-state index contributed by atoms with van der Waals surface area (Å²) >= 11 is 0. The van der Waals surface area contributed by atoms with Crippen molar-refractivity contribution >= 4 is 10.0 Å². The van der Waals surface area contributed by atoms with E-state index in [-0.39, 0.29) is 11.6 Å². The van der Waals surface area contributed by atoms with Crippen LogP contribution in [0.2, 0.25) is 0 Å². The van der Waals surface area contributed by atoms with Gasteiger partial charge < -0.3 is 14.3 Å². The van der Waals surface area contributed by atoms with Gasteiger partial charge in [-0.3, -0.25) is 0 Å². The summed E-state index contributed by atoms with van der Waals surface area (Å²) in [5.74, 6) is 1.46. The molecule has 2 aromatic heterocycles. The Kier molecular flexibility index (Phi) is 4.53. The van der Waals surface area contributed by atoms with Crippen molar-refractivity contribution in [3.8, 4) is 0 Å². The Hall–Kier alpha value is -1.71. The minimum atomic E-state index is -3.66. The van der Waals surface area contributed by atoms with E-state index in [1.54, 1.807) is 20.0 Å². The van der Waals surface area contributed by atoms with E-state index in [2.05, 4.69) is 20.2 Å². The normalized spacial score (nSPS) is 11.9. The van der Waals surface area contributed by atoms with Crippen molar-refractivity contribution in [1.29, 1.82) is 0 Å². The molecule has 0 fully saturated rings. The molecule has 0 spiro atoms. The number of nitrogens with one attached hydrogen (secondary N) is 2. The number of rotatable bonds is 7. The van der Waals surface area contributed by atoms with Crippen LogP contribution in [0, 0.1) is 6.92 Å². The zero-order valence-electron chi connectivity index (χ0n) is 11.2. The lowest BCUT2D eigenvalue weighted by atomic mass is 10.4. The van der Waals surface area contributed by atoms with Crippen molar-refractivity contribution in [2.24, 2.45) is 0 Å². The Labute approximate surface area is 116 Å². The largest absolute Gasteiger partial charge is 0.447 e. The van der Waals surface area contributed by atoms with E-state index in [1.807, 2.05) is 0 Å². The van der Waals surface area contributed by atoms with Crippen molar-refractivity contribution in [2.45, 2.75) is 25.0 Å². The second kappa shape index (κ2) is 6.16. The molecule has 0 aliphatic rings. The molecule has 0 aliphatic carbocycles. The van der Waals surface area contributed by atoms with Crippen molar-refractivity contribution < 1.29 is 17.4 Å². The molecule has 0 saturated carbocycles. The Morgan fingerprint density at radius 1 is 1.35 bits per heavy atom. The maximum Gasteiger partial charge on any atom is 0.273 e. The van der Waals surface area contributed by atoms with Gasteiger partial charge in [-0.25, -0.2) is 13.1 Å². The topological polar surface area (TPSA) is 110 Å². The Bertz CT molecular complexity index is 662. The number of hydrogen-bond acceptors (Lipinski definition) is 7. The van der Waals surface area contributed by atoms with Gasteiger partial charge >= 0.3 is 0 Å². The van der Waals surface area contributed by atoms with Crippen molar-refractivity contribution in [3.05, 3.63) is 29.6 Å². The maximum atomic E-state index is 12.0. The first kappa shape index (κ1) is 14.7. The second-order valence-corrected chi connectivity index (χ2v) is 5.83. The van der Waals surface area contributed by atoms with Gasteiger partial charge in [0.25, 0.3) is 10.0 Å². The lowest BCUT2D eigenvalue weighted by Crippen LogP contribution is -2.25. The third-order valence-electron chi connectivity index (χ3n) is 2.45. The molecule has 2 heterocycles. The SMILES string of the molecule is CNCc1ccc(S(=O)(=O)NCCc2nc(C)no2)o1. The van der Waals surface area contributed by atoms with E-state index in [4.69, 9.17) is 8.94 Å². The third-order valence-corrected chi connectivity index (χ3v) is 3.79. The number of nitrogens with zero attached hydrogens (tertiary/aromatic N) is 2. The molecule has 9 heteroatoms. The molecule has 2 aromatic rings. The Morgan fingerprint density at radius 2 is 2.15 bits per heavy atom. The average molecular weight is 300 g/mol. The van der Waals surface area contributed by atoms with Gasteiger partial charge in [0.15, 0.2) is 5.82 Å². The third kappa shape index (κ3) is 3.65. The molecule has 0 bridgehead atoms. The molecular formula is C11H16N4O4S. The van der Waals surface area contributed by atoms with Gasteiger partial charge in [0.05, 0.1) is 6.54 Å². The number of furan rings is 1. The summed E-state index contributed by atoms with van der Waals surface area (Å²) in [5, 5.41) is 6.40. The number of aryl methyl sites for hydroxylation is 1. The zero-order chi connectivity index (χ0) is 14.6. The smallest absolute Gasteiger partial charge is 0.273 e. The monoisotopic (exact) mass is 300 g/mol. The number of sulfonamides is 1. The van der Waals surface area contributed by atoms with E-state index in [9.17, 15) is 8.42 Å². The van der Waals surface area contributed by atoms with Gasteiger partial charge in [0.1, 0.15) is 5.76 Å². The van der Waals surface area contributed by atoms with Crippen LogP contribution in [0.4, 0.5) is 0 Å². The first-order chi connectivity index (χ1) is 9.51. The van der Waals surface area contributed by atoms with Gasteiger partial charge in [0, 0.05) is 13.0 Å². The van der Waals surface area contributed by atoms with Crippen LogP contribution < -0.4 is 10.0 Å². The predicted octanol–water partition coefficient (Wildman–Crippen LogP) is 0.211. The second-order valence-electron chi connectivity index (χ2n) is 4.13. The molecule has 0 unspecified atom stereocenters. The van der Waals surface area contributed by atoms with Gasteiger partial charge in [0.2, 0.25) is 11.0 Å². The molecule has 0 radical (unpaired) electrons. The molecule has 0 aliphatic heterocycles. The van der Waals surface area contributed by atoms with Gasteiger partial charge in [-0.05, 0) is 26.1 Å². The molecular weight excluding hydrogens is 284 g/mol. The van der Waals surface area contributed by atoms with Crippen molar-refractivity contribution in [2.75, 3.05) is 13.6 Å². The lowest BCUT2D eigenvalue weighted by Gasteiger charge is -2.02. The molecule has 2 rings (SSSR count). The van der Waals surface area contributed by atoms with Crippen LogP contribution >= 0.6 is 0 Å². The molecule has 0 saturated heterocycles. The molecule has 0 aromatic carbocycles. The van der Waals surface area contributed by atoms with E-state index in [1.165, 1.54) is 6.07 Å². The van der Waals surface area contributed by atoms with Crippen LogP contribution in [0.3, 0.4) is 0 Å². The fourth-order valence-corrected chi connectivity index (χ4v) is 2.55. The van der Waals surface area contributed by atoms with Crippen LogP contribution in [0.15, 0.2) is 26.2 Å². The quantitative estimate of drug-likeness (QED) is 0.752. The molecule has 110 valence electrons. The highest BCUT2D eigenvalue weighted by atomic mass is 32.2. The lowest BCUT2D eigenvalue weighted by molar-refractivity contribution is 0.374. The molecule has 20 heavy (non-hydrogen) atoms. The van der Waals surface area contributed by atoms with Crippen LogP contribution in [0.25, 0.3) is 0 Å².